The van der Waals surface area contributed by atoms with Gasteiger partial charge in [0.05, 0.1) is 23.2 Å². The van der Waals surface area contributed by atoms with E-state index in [9.17, 15) is 18.0 Å². The fraction of sp³-hybridized carbons (Fsp3) is 0.650. The van der Waals surface area contributed by atoms with Gasteiger partial charge in [-0.3, -0.25) is 4.79 Å². The molecule has 2 heterocycles. The summed E-state index contributed by atoms with van der Waals surface area (Å²) in [5.74, 6) is -0.120. The number of esters is 1. The smallest absolute Gasteiger partial charge is 0.331 e. The van der Waals surface area contributed by atoms with Crippen molar-refractivity contribution in [3.05, 3.63) is 22.5 Å². The van der Waals surface area contributed by atoms with Gasteiger partial charge < -0.3 is 9.64 Å². The van der Waals surface area contributed by atoms with Gasteiger partial charge in [-0.05, 0) is 44.6 Å². The molecule has 3 rings (SSSR count). The highest BCUT2D eigenvalue weighted by atomic mass is 35.5. The summed E-state index contributed by atoms with van der Waals surface area (Å²) >= 11 is 6.39. The molecule has 8 nitrogen and oxygen atoms in total. The van der Waals surface area contributed by atoms with E-state index in [0.29, 0.717) is 30.1 Å². The van der Waals surface area contributed by atoms with Gasteiger partial charge in [0.25, 0.3) is 5.91 Å². The lowest BCUT2D eigenvalue weighted by Gasteiger charge is -2.21. The van der Waals surface area contributed by atoms with E-state index in [1.54, 1.807) is 11.8 Å². The molecule has 1 atom stereocenters. The van der Waals surface area contributed by atoms with Crippen LogP contribution in [0.25, 0.3) is 6.08 Å². The summed E-state index contributed by atoms with van der Waals surface area (Å²) in [6, 6.07) is -0.302. The maximum atomic E-state index is 12.3. The molecule has 0 unspecified atom stereocenters. The molecule has 0 bridgehead atoms. The van der Waals surface area contributed by atoms with Crippen LogP contribution in [0.3, 0.4) is 0 Å². The predicted octanol–water partition coefficient (Wildman–Crippen LogP) is 2.41. The number of hydrogen-bond donors (Lipinski definition) is 0. The molecule has 2 fully saturated rings. The topological polar surface area (TPSA) is 98.6 Å². The number of nitrogens with zero attached hydrogens (tertiary/aromatic N) is 3. The van der Waals surface area contributed by atoms with E-state index in [4.69, 9.17) is 16.3 Å². The fourth-order valence-corrected chi connectivity index (χ4v) is 5.62. The van der Waals surface area contributed by atoms with Crippen LogP contribution >= 0.6 is 11.6 Å². The molecule has 1 amide bonds. The van der Waals surface area contributed by atoms with Crippen molar-refractivity contribution in [2.75, 3.05) is 31.2 Å². The average Bonchev–Trinajstić information content (AvgIpc) is 3.37. The first kappa shape index (κ1) is 22.8. The first-order valence-electron chi connectivity index (χ1n) is 10.3. The second-order valence-electron chi connectivity index (χ2n) is 8.02. The molecule has 1 aliphatic carbocycles. The summed E-state index contributed by atoms with van der Waals surface area (Å²) in [7, 11) is -3.07. The van der Waals surface area contributed by atoms with E-state index in [2.05, 4.69) is 5.10 Å². The molecule has 30 heavy (non-hydrogen) atoms. The molecule has 1 aliphatic heterocycles. The van der Waals surface area contributed by atoms with E-state index in [1.165, 1.54) is 16.8 Å². The molecule has 0 radical (unpaired) electrons. The third kappa shape index (κ3) is 5.85. The largest absolute Gasteiger partial charge is 0.452 e. The minimum Gasteiger partial charge on any atom is -0.452 e. The van der Waals surface area contributed by atoms with Crippen LogP contribution in [0.2, 0.25) is 5.15 Å². The van der Waals surface area contributed by atoms with Crippen molar-refractivity contribution < 1.29 is 22.7 Å². The number of carbonyl (C=O) groups is 2. The number of rotatable bonds is 9. The summed E-state index contributed by atoms with van der Waals surface area (Å²) in [5, 5.41) is 4.63. The molecule has 1 aromatic rings. The van der Waals surface area contributed by atoms with Crippen molar-refractivity contribution in [1.29, 1.82) is 0 Å². The van der Waals surface area contributed by atoms with Crippen molar-refractivity contribution >= 4 is 39.4 Å². The maximum Gasteiger partial charge on any atom is 0.331 e. The first-order chi connectivity index (χ1) is 14.2. The highest BCUT2D eigenvalue weighted by Gasteiger charge is 2.32. The fourth-order valence-electron chi connectivity index (χ4n) is 3.56. The monoisotopic (exact) mass is 457 g/mol. The quantitative estimate of drug-likeness (QED) is 0.417. The van der Waals surface area contributed by atoms with Gasteiger partial charge in [0, 0.05) is 24.7 Å². The van der Waals surface area contributed by atoms with Gasteiger partial charge in [-0.1, -0.05) is 18.5 Å². The Kier molecular flexibility index (Phi) is 7.23. The van der Waals surface area contributed by atoms with Crippen LogP contribution in [0.15, 0.2) is 6.08 Å². The summed E-state index contributed by atoms with van der Waals surface area (Å²) < 4.78 is 30.1. The van der Waals surface area contributed by atoms with Gasteiger partial charge >= 0.3 is 5.97 Å². The number of sulfone groups is 1. The molecular formula is C20H28ClN3O5S. The average molecular weight is 458 g/mol. The van der Waals surface area contributed by atoms with Crippen LogP contribution in [0.1, 0.15) is 49.9 Å². The molecule has 1 saturated heterocycles. The Morgan fingerprint density at radius 2 is 2.07 bits per heavy atom. The van der Waals surface area contributed by atoms with Gasteiger partial charge in [0.15, 0.2) is 16.4 Å². The third-order valence-electron chi connectivity index (χ3n) is 5.37. The zero-order valence-corrected chi connectivity index (χ0v) is 18.9. The molecule has 2 aliphatic rings. The van der Waals surface area contributed by atoms with Crippen LogP contribution in [0.5, 0.6) is 0 Å². The highest BCUT2D eigenvalue weighted by Crippen LogP contribution is 2.31. The zero-order valence-electron chi connectivity index (χ0n) is 17.3. The van der Waals surface area contributed by atoms with Crippen LogP contribution < -0.4 is 0 Å². The van der Waals surface area contributed by atoms with E-state index in [0.717, 1.165) is 25.8 Å². The Morgan fingerprint density at radius 1 is 1.33 bits per heavy atom. The molecule has 1 aromatic heterocycles. The second-order valence-corrected chi connectivity index (χ2v) is 10.6. The van der Waals surface area contributed by atoms with E-state index in [1.807, 2.05) is 6.92 Å². The number of aryl methyl sites for hydroxylation is 1. The van der Waals surface area contributed by atoms with Crippen LogP contribution in [0.4, 0.5) is 0 Å². The summed E-state index contributed by atoms with van der Waals surface area (Å²) in [6.45, 7) is 4.84. The maximum absolute atomic E-state index is 12.3. The van der Waals surface area contributed by atoms with Crippen LogP contribution in [0, 0.1) is 12.8 Å². The van der Waals surface area contributed by atoms with Crippen molar-refractivity contribution in [2.45, 2.75) is 45.6 Å². The standard InChI is InChI=1S/C20H28ClN3O5S/c1-3-9-23(11-15-4-5-15)18(25)12-29-19(26)7-6-17-14(2)22-24(20(17)21)16-8-10-30(27,28)13-16/h6-7,15-16H,3-5,8-13H2,1-2H3/b7-6+/t16-/m0/s1. The van der Waals surface area contributed by atoms with E-state index >= 15 is 0 Å². The number of ether oxygens (including phenoxy) is 1. The van der Waals surface area contributed by atoms with E-state index in [-0.39, 0.29) is 35.2 Å². The number of amides is 1. The normalized spacial score (nSPS) is 20.6. The second kappa shape index (κ2) is 9.51. The molecular weight excluding hydrogens is 430 g/mol. The first-order valence-corrected chi connectivity index (χ1v) is 12.5. The van der Waals surface area contributed by atoms with Gasteiger partial charge in [-0.15, -0.1) is 0 Å². The minimum absolute atomic E-state index is 0.0102. The SMILES string of the molecule is CCCN(CC1CC1)C(=O)COC(=O)/C=C/c1c(C)nn([C@H]2CCS(=O)(=O)C2)c1Cl. The number of halogens is 1. The van der Waals surface area contributed by atoms with Crippen LogP contribution in [-0.2, 0) is 24.2 Å². The van der Waals surface area contributed by atoms with Crippen molar-refractivity contribution in [3.63, 3.8) is 0 Å². The number of carbonyl (C=O) groups excluding carboxylic acids is 2. The van der Waals surface area contributed by atoms with Crippen molar-refractivity contribution in [2.24, 2.45) is 5.92 Å². The summed E-state index contributed by atoms with van der Waals surface area (Å²) in [6.07, 6.45) is 6.32. The van der Waals surface area contributed by atoms with Crippen LogP contribution in [-0.4, -0.2) is 66.2 Å². The van der Waals surface area contributed by atoms with Gasteiger partial charge in [0.2, 0.25) is 0 Å². The summed E-state index contributed by atoms with van der Waals surface area (Å²) in [5.41, 5.74) is 1.12. The third-order valence-corrected chi connectivity index (χ3v) is 7.50. The molecule has 10 heteroatoms. The molecule has 166 valence electrons. The van der Waals surface area contributed by atoms with Crippen molar-refractivity contribution in [1.82, 2.24) is 14.7 Å². The Labute approximate surface area is 182 Å². The highest BCUT2D eigenvalue weighted by molar-refractivity contribution is 7.91. The van der Waals surface area contributed by atoms with Gasteiger partial charge in [0.1, 0.15) is 5.15 Å². The lowest BCUT2D eigenvalue weighted by atomic mass is 10.2. The summed E-state index contributed by atoms with van der Waals surface area (Å²) in [4.78, 5) is 26.2. The molecule has 1 saturated carbocycles. The lowest BCUT2D eigenvalue weighted by Crippen LogP contribution is -2.36. The molecule has 0 aromatic carbocycles. The zero-order chi connectivity index (χ0) is 21.9. The van der Waals surface area contributed by atoms with Gasteiger partial charge in [-0.2, -0.15) is 5.10 Å². The Hall–Kier alpha value is -1.87. The lowest BCUT2D eigenvalue weighted by molar-refractivity contribution is -0.148. The van der Waals surface area contributed by atoms with E-state index < -0.39 is 15.8 Å². The molecule has 0 N–H and O–H groups in total. The molecule has 0 spiro atoms. The number of aromatic nitrogens is 2. The van der Waals surface area contributed by atoms with Gasteiger partial charge in [-0.25, -0.2) is 17.9 Å². The van der Waals surface area contributed by atoms with Crippen molar-refractivity contribution in [3.8, 4) is 0 Å². The Morgan fingerprint density at radius 3 is 2.67 bits per heavy atom. The Balaban J connectivity index is 1.57. The Bertz CT molecular complexity index is 936. The number of hydrogen-bond acceptors (Lipinski definition) is 6. The predicted molar refractivity (Wildman–Crippen MR) is 114 cm³/mol. The minimum atomic E-state index is -3.07.